The highest BCUT2D eigenvalue weighted by molar-refractivity contribution is 14.1. The van der Waals surface area contributed by atoms with Gasteiger partial charge in [0.05, 0.1) is 9.26 Å². The van der Waals surface area contributed by atoms with E-state index in [1.165, 1.54) is 12.1 Å². The molecule has 1 aromatic heterocycles. The Balaban J connectivity index is 2.14. The maximum Gasteiger partial charge on any atom is 0.162 e. The second-order valence-electron chi connectivity index (χ2n) is 4.44. The van der Waals surface area contributed by atoms with Crippen molar-refractivity contribution >= 4 is 50.1 Å². The van der Waals surface area contributed by atoms with Crippen LogP contribution in [-0.2, 0) is 0 Å². The number of halogens is 4. The zero-order chi connectivity index (χ0) is 13.6. The highest BCUT2D eigenvalue weighted by atomic mass is 127. The molecule has 0 atom stereocenters. The molecule has 2 aromatic rings. The van der Waals surface area contributed by atoms with Gasteiger partial charge in [-0.1, -0.05) is 11.6 Å². The molecule has 1 aromatic carbocycles. The number of nitrogens with zero attached hydrogens (tertiary/aromatic N) is 2. The minimum absolute atomic E-state index is 0.297. The number of hydrogen-bond donors (Lipinski definition) is 0. The smallest absolute Gasteiger partial charge is 0.162 e. The Labute approximate surface area is 137 Å². The van der Waals surface area contributed by atoms with Gasteiger partial charge in [0.25, 0.3) is 0 Å². The fourth-order valence-corrected chi connectivity index (χ4v) is 3.24. The maximum atomic E-state index is 13.1. The highest BCUT2D eigenvalue weighted by Gasteiger charge is 2.29. The van der Waals surface area contributed by atoms with Crippen molar-refractivity contribution in [3.05, 3.63) is 42.9 Å². The SMILES string of the molecule is Fc1ccc(-c2nc(Cl)c(I)c(C3CC3)n2)c(Br)c1. The van der Waals surface area contributed by atoms with Crippen molar-refractivity contribution in [2.75, 3.05) is 0 Å². The van der Waals surface area contributed by atoms with Crippen molar-refractivity contribution in [3.63, 3.8) is 0 Å². The third kappa shape index (κ3) is 2.78. The quantitative estimate of drug-likeness (QED) is 0.463. The van der Waals surface area contributed by atoms with Crippen LogP contribution in [0.5, 0.6) is 0 Å². The summed E-state index contributed by atoms with van der Waals surface area (Å²) in [6.07, 6.45) is 2.29. The van der Waals surface area contributed by atoms with E-state index < -0.39 is 0 Å². The molecule has 0 unspecified atom stereocenters. The lowest BCUT2D eigenvalue weighted by atomic mass is 10.2. The summed E-state index contributed by atoms with van der Waals surface area (Å²) in [5.41, 5.74) is 1.76. The van der Waals surface area contributed by atoms with Gasteiger partial charge in [0.15, 0.2) is 5.82 Å². The molecule has 0 aliphatic heterocycles. The van der Waals surface area contributed by atoms with Crippen LogP contribution in [0.2, 0.25) is 5.15 Å². The summed E-state index contributed by atoms with van der Waals surface area (Å²) in [6.45, 7) is 0. The molecule has 2 nitrogen and oxygen atoms in total. The number of benzene rings is 1. The van der Waals surface area contributed by atoms with E-state index in [1.54, 1.807) is 6.07 Å². The summed E-state index contributed by atoms with van der Waals surface area (Å²) >= 11 is 11.7. The summed E-state index contributed by atoms with van der Waals surface area (Å²) in [5.74, 6) is 0.735. The molecule has 0 amide bonds. The molecule has 6 heteroatoms. The van der Waals surface area contributed by atoms with Crippen LogP contribution >= 0.6 is 50.1 Å². The van der Waals surface area contributed by atoms with E-state index in [0.29, 0.717) is 21.4 Å². The largest absolute Gasteiger partial charge is 0.232 e. The van der Waals surface area contributed by atoms with Crippen molar-refractivity contribution < 1.29 is 4.39 Å². The molecule has 1 aliphatic carbocycles. The first-order valence-corrected chi connectivity index (χ1v) is 7.99. The van der Waals surface area contributed by atoms with Crippen molar-refractivity contribution in [2.45, 2.75) is 18.8 Å². The van der Waals surface area contributed by atoms with Crippen molar-refractivity contribution in [3.8, 4) is 11.4 Å². The van der Waals surface area contributed by atoms with E-state index in [1.807, 2.05) is 0 Å². The van der Waals surface area contributed by atoms with Crippen LogP contribution in [0.15, 0.2) is 22.7 Å². The standard InChI is InChI=1S/C13H8BrClFIN2/c14-9-5-7(16)3-4-8(9)13-18-11(6-1-2-6)10(17)12(15)19-13/h3-6H,1-2H2. The molecule has 1 heterocycles. The highest BCUT2D eigenvalue weighted by Crippen LogP contribution is 2.43. The molecular weight excluding hydrogens is 445 g/mol. The molecule has 0 N–H and O–H groups in total. The first-order valence-electron chi connectivity index (χ1n) is 5.74. The van der Waals surface area contributed by atoms with Crippen molar-refractivity contribution in [1.82, 2.24) is 9.97 Å². The van der Waals surface area contributed by atoms with Crippen LogP contribution < -0.4 is 0 Å². The zero-order valence-corrected chi connectivity index (χ0v) is 14.1. The summed E-state index contributed by atoms with van der Waals surface area (Å²) in [5, 5.41) is 0.462. The molecule has 19 heavy (non-hydrogen) atoms. The maximum absolute atomic E-state index is 13.1. The Morgan fingerprint density at radius 2 is 2.05 bits per heavy atom. The predicted octanol–water partition coefficient (Wildman–Crippen LogP) is 5.18. The summed E-state index contributed by atoms with van der Waals surface area (Å²) in [7, 11) is 0. The summed E-state index contributed by atoms with van der Waals surface area (Å²) in [6, 6.07) is 4.46. The molecule has 0 spiro atoms. The molecule has 3 rings (SSSR count). The van der Waals surface area contributed by atoms with Gasteiger partial charge in [-0.3, -0.25) is 0 Å². The molecule has 0 saturated heterocycles. The van der Waals surface area contributed by atoms with Gasteiger partial charge < -0.3 is 0 Å². The Bertz CT molecular complexity index is 661. The van der Waals surface area contributed by atoms with Gasteiger partial charge in [0.1, 0.15) is 11.0 Å². The van der Waals surface area contributed by atoms with Gasteiger partial charge in [0.2, 0.25) is 0 Å². The van der Waals surface area contributed by atoms with Gasteiger partial charge in [-0.25, -0.2) is 14.4 Å². The van der Waals surface area contributed by atoms with E-state index in [-0.39, 0.29) is 5.82 Å². The van der Waals surface area contributed by atoms with Gasteiger partial charge >= 0.3 is 0 Å². The van der Waals surface area contributed by atoms with E-state index in [0.717, 1.165) is 27.7 Å². The molecule has 0 radical (unpaired) electrons. The minimum atomic E-state index is -0.297. The first-order chi connectivity index (χ1) is 9.06. The molecule has 1 fully saturated rings. The fraction of sp³-hybridized carbons (Fsp3) is 0.231. The number of hydrogen-bond acceptors (Lipinski definition) is 2. The topological polar surface area (TPSA) is 25.8 Å². The van der Waals surface area contributed by atoms with E-state index >= 15 is 0 Å². The zero-order valence-electron chi connectivity index (χ0n) is 9.63. The molecule has 1 saturated carbocycles. The molecule has 0 bridgehead atoms. The Kier molecular flexibility index (Phi) is 3.79. The van der Waals surface area contributed by atoms with Gasteiger partial charge in [-0.2, -0.15) is 0 Å². The molecule has 1 aliphatic rings. The second-order valence-corrected chi connectivity index (χ2v) is 6.73. The molecule has 98 valence electrons. The Morgan fingerprint density at radius 1 is 1.32 bits per heavy atom. The average Bonchev–Trinajstić information content (AvgIpc) is 3.17. The van der Waals surface area contributed by atoms with Gasteiger partial charge in [-0.15, -0.1) is 0 Å². The van der Waals surface area contributed by atoms with Crippen molar-refractivity contribution in [2.24, 2.45) is 0 Å². The number of rotatable bonds is 2. The van der Waals surface area contributed by atoms with Crippen LogP contribution in [-0.4, -0.2) is 9.97 Å². The Hall–Kier alpha value is -0.270. The average molecular weight is 453 g/mol. The first kappa shape index (κ1) is 13.7. The third-order valence-electron chi connectivity index (χ3n) is 2.97. The van der Waals surface area contributed by atoms with Gasteiger partial charge in [0, 0.05) is 16.0 Å². The molecular formula is C13H8BrClFIN2. The van der Waals surface area contributed by atoms with Crippen LogP contribution in [0.25, 0.3) is 11.4 Å². The number of aromatic nitrogens is 2. The van der Waals surface area contributed by atoms with Gasteiger partial charge in [-0.05, 0) is 69.6 Å². The van der Waals surface area contributed by atoms with Crippen LogP contribution in [0.3, 0.4) is 0 Å². The van der Waals surface area contributed by atoms with E-state index in [2.05, 4.69) is 48.5 Å². The lowest BCUT2D eigenvalue weighted by Gasteiger charge is -2.09. The summed E-state index contributed by atoms with van der Waals surface area (Å²) in [4.78, 5) is 8.90. The van der Waals surface area contributed by atoms with Crippen LogP contribution in [0.4, 0.5) is 4.39 Å². The second kappa shape index (κ2) is 5.26. The minimum Gasteiger partial charge on any atom is -0.232 e. The lowest BCUT2D eigenvalue weighted by Crippen LogP contribution is -2.00. The van der Waals surface area contributed by atoms with E-state index in [9.17, 15) is 4.39 Å². The van der Waals surface area contributed by atoms with Crippen LogP contribution in [0.1, 0.15) is 24.5 Å². The Morgan fingerprint density at radius 3 is 2.68 bits per heavy atom. The third-order valence-corrected chi connectivity index (χ3v) is 5.28. The van der Waals surface area contributed by atoms with Crippen molar-refractivity contribution in [1.29, 1.82) is 0 Å². The lowest BCUT2D eigenvalue weighted by molar-refractivity contribution is 0.627. The monoisotopic (exact) mass is 452 g/mol. The summed E-state index contributed by atoms with van der Waals surface area (Å²) < 4.78 is 14.7. The fourth-order valence-electron chi connectivity index (χ4n) is 1.85. The normalized spacial score (nSPS) is 14.7. The van der Waals surface area contributed by atoms with E-state index in [4.69, 9.17) is 11.6 Å². The predicted molar refractivity (Wildman–Crippen MR) is 84.8 cm³/mol. The van der Waals surface area contributed by atoms with Crippen LogP contribution in [0, 0.1) is 9.39 Å².